The molecule has 0 spiro atoms. The van der Waals surface area contributed by atoms with Crippen LogP contribution in [0.2, 0.25) is 0 Å². The first-order valence-corrected chi connectivity index (χ1v) is 8.41. The summed E-state index contributed by atoms with van der Waals surface area (Å²) in [7, 11) is 4.78. The highest BCUT2D eigenvalue weighted by atomic mass is 127. The van der Waals surface area contributed by atoms with Gasteiger partial charge >= 0.3 is 5.97 Å². The Morgan fingerprint density at radius 3 is 2.15 bits per heavy atom. The molecule has 2 aromatic rings. The zero-order valence-corrected chi connectivity index (χ0v) is 18.2. The van der Waals surface area contributed by atoms with Crippen LogP contribution in [0.1, 0.15) is 21.5 Å². The number of aliphatic imine (C=N–C) groups is 1. The van der Waals surface area contributed by atoms with Gasteiger partial charge in [-0.05, 0) is 41.8 Å². The van der Waals surface area contributed by atoms with Gasteiger partial charge in [-0.1, -0.05) is 24.3 Å². The van der Waals surface area contributed by atoms with Crippen molar-refractivity contribution in [1.29, 1.82) is 0 Å². The summed E-state index contributed by atoms with van der Waals surface area (Å²) in [5.41, 5.74) is 2.84. The highest BCUT2D eigenvalue weighted by Gasteiger charge is 2.04. The van der Waals surface area contributed by atoms with E-state index in [4.69, 9.17) is 9.47 Å². The van der Waals surface area contributed by atoms with Crippen LogP contribution in [0.25, 0.3) is 0 Å². The number of methoxy groups -OCH3 is 2. The van der Waals surface area contributed by atoms with E-state index in [1.807, 2.05) is 36.4 Å². The highest BCUT2D eigenvalue weighted by Crippen LogP contribution is 2.11. The fourth-order valence-corrected chi connectivity index (χ4v) is 2.40. The van der Waals surface area contributed by atoms with Crippen LogP contribution in [0.15, 0.2) is 53.5 Å². The summed E-state index contributed by atoms with van der Waals surface area (Å²) in [6, 6.07) is 15.3. The second-order valence-corrected chi connectivity index (χ2v) is 5.64. The SMILES string of the molecule is CN=C(NCCc1ccc(C(=O)OC)cc1)NCc1ccc(OC)cc1.I. The molecule has 0 unspecified atom stereocenters. The molecule has 0 atom stereocenters. The zero-order valence-electron chi connectivity index (χ0n) is 15.8. The average Bonchev–Trinajstić information content (AvgIpc) is 2.70. The van der Waals surface area contributed by atoms with Gasteiger partial charge in [-0.2, -0.15) is 0 Å². The Kier molecular flexibility index (Phi) is 10.2. The number of carbonyl (C=O) groups excluding carboxylic acids is 1. The Morgan fingerprint density at radius 1 is 0.963 bits per heavy atom. The number of guanidine groups is 1. The lowest BCUT2D eigenvalue weighted by Gasteiger charge is -2.12. The summed E-state index contributed by atoms with van der Waals surface area (Å²) in [6.45, 7) is 1.41. The number of benzene rings is 2. The van der Waals surface area contributed by atoms with E-state index in [1.54, 1.807) is 26.3 Å². The molecule has 0 saturated carbocycles. The number of rotatable bonds is 7. The van der Waals surface area contributed by atoms with Crippen molar-refractivity contribution in [3.63, 3.8) is 0 Å². The molecule has 0 radical (unpaired) electrons. The maximum Gasteiger partial charge on any atom is 0.337 e. The quantitative estimate of drug-likeness (QED) is 0.274. The molecule has 0 aromatic heterocycles. The molecule has 0 bridgehead atoms. The normalized spacial score (nSPS) is 10.6. The van der Waals surface area contributed by atoms with Crippen molar-refractivity contribution in [2.75, 3.05) is 27.8 Å². The largest absolute Gasteiger partial charge is 0.497 e. The van der Waals surface area contributed by atoms with Crippen molar-refractivity contribution in [3.05, 3.63) is 65.2 Å². The van der Waals surface area contributed by atoms with Crippen LogP contribution in [0.3, 0.4) is 0 Å². The van der Waals surface area contributed by atoms with E-state index in [1.165, 1.54) is 7.11 Å². The lowest BCUT2D eigenvalue weighted by atomic mass is 10.1. The number of nitrogens with one attached hydrogen (secondary N) is 2. The minimum Gasteiger partial charge on any atom is -0.497 e. The third-order valence-corrected chi connectivity index (χ3v) is 3.92. The fraction of sp³-hybridized carbons (Fsp3) is 0.300. The van der Waals surface area contributed by atoms with Gasteiger partial charge in [0.05, 0.1) is 19.8 Å². The van der Waals surface area contributed by atoms with Crippen LogP contribution in [0.5, 0.6) is 5.75 Å². The van der Waals surface area contributed by atoms with Crippen LogP contribution in [0, 0.1) is 0 Å². The maximum atomic E-state index is 11.4. The van der Waals surface area contributed by atoms with Crippen LogP contribution in [-0.4, -0.2) is 39.7 Å². The molecule has 27 heavy (non-hydrogen) atoms. The van der Waals surface area contributed by atoms with Gasteiger partial charge in [-0.3, -0.25) is 4.99 Å². The lowest BCUT2D eigenvalue weighted by molar-refractivity contribution is 0.0600. The number of ether oxygens (including phenoxy) is 2. The van der Waals surface area contributed by atoms with Crippen LogP contribution in [0.4, 0.5) is 0 Å². The van der Waals surface area contributed by atoms with Gasteiger partial charge in [0.2, 0.25) is 0 Å². The number of carbonyl (C=O) groups is 1. The van der Waals surface area contributed by atoms with E-state index in [-0.39, 0.29) is 29.9 Å². The molecule has 6 nitrogen and oxygen atoms in total. The molecule has 2 N–H and O–H groups in total. The molecule has 2 rings (SSSR count). The Labute approximate surface area is 177 Å². The first-order chi connectivity index (χ1) is 12.7. The number of nitrogens with zero attached hydrogens (tertiary/aromatic N) is 1. The van der Waals surface area contributed by atoms with Gasteiger partial charge in [0.25, 0.3) is 0 Å². The van der Waals surface area contributed by atoms with Gasteiger partial charge in [-0.15, -0.1) is 24.0 Å². The Hall–Kier alpha value is -2.29. The van der Waals surface area contributed by atoms with E-state index >= 15 is 0 Å². The van der Waals surface area contributed by atoms with Crippen molar-refractivity contribution >= 4 is 35.9 Å². The molecule has 2 aromatic carbocycles. The summed E-state index contributed by atoms with van der Waals surface area (Å²) >= 11 is 0. The molecule has 0 aliphatic carbocycles. The van der Waals surface area contributed by atoms with Gasteiger partial charge in [0.15, 0.2) is 5.96 Å². The first-order valence-electron chi connectivity index (χ1n) is 8.41. The Balaban J connectivity index is 0.00000364. The summed E-state index contributed by atoms with van der Waals surface area (Å²) < 4.78 is 9.85. The predicted molar refractivity (Wildman–Crippen MR) is 118 cm³/mol. The number of esters is 1. The number of hydrogen-bond donors (Lipinski definition) is 2. The van der Waals surface area contributed by atoms with E-state index in [9.17, 15) is 4.79 Å². The van der Waals surface area contributed by atoms with Crippen molar-refractivity contribution < 1.29 is 14.3 Å². The van der Waals surface area contributed by atoms with Crippen molar-refractivity contribution in [2.45, 2.75) is 13.0 Å². The minimum atomic E-state index is -0.321. The van der Waals surface area contributed by atoms with Crippen LogP contribution < -0.4 is 15.4 Å². The second kappa shape index (κ2) is 12.2. The Bertz CT molecular complexity index is 731. The van der Waals surface area contributed by atoms with E-state index in [0.29, 0.717) is 12.1 Å². The predicted octanol–water partition coefficient (Wildman–Crippen LogP) is 3.01. The molecule has 0 aliphatic heterocycles. The lowest BCUT2D eigenvalue weighted by Crippen LogP contribution is -2.37. The monoisotopic (exact) mass is 483 g/mol. The van der Waals surface area contributed by atoms with E-state index < -0.39 is 0 Å². The molecule has 146 valence electrons. The summed E-state index contributed by atoms with van der Waals surface area (Å²) in [5.74, 6) is 1.26. The van der Waals surface area contributed by atoms with Gasteiger partial charge in [0.1, 0.15) is 5.75 Å². The van der Waals surface area contributed by atoms with Crippen LogP contribution in [-0.2, 0) is 17.7 Å². The molecule has 0 heterocycles. The highest BCUT2D eigenvalue weighted by molar-refractivity contribution is 14.0. The van der Waals surface area contributed by atoms with E-state index in [0.717, 1.165) is 35.8 Å². The molecule has 0 saturated heterocycles. The van der Waals surface area contributed by atoms with E-state index in [2.05, 4.69) is 15.6 Å². The number of halogens is 1. The van der Waals surface area contributed by atoms with Gasteiger partial charge < -0.3 is 20.1 Å². The fourth-order valence-electron chi connectivity index (χ4n) is 2.40. The Morgan fingerprint density at radius 2 is 1.59 bits per heavy atom. The molecule has 0 amide bonds. The topological polar surface area (TPSA) is 72.0 Å². The smallest absolute Gasteiger partial charge is 0.337 e. The molecular formula is C20H26IN3O3. The maximum absolute atomic E-state index is 11.4. The van der Waals surface area contributed by atoms with Crippen molar-refractivity contribution in [1.82, 2.24) is 10.6 Å². The standard InChI is InChI=1S/C20H25N3O3.HI/c1-21-20(23-14-16-6-10-18(25-2)11-7-16)22-13-12-15-4-8-17(9-5-15)19(24)26-3;/h4-11H,12-14H2,1-3H3,(H2,21,22,23);1H. The molecule has 0 aliphatic rings. The average molecular weight is 483 g/mol. The van der Waals surface area contributed by atoms with Gasteiger partial charge in [-0.25, -0.2) is 4.79 Å². The molecular weight excluding hydrogens is 457 g/mol. The second-order valence-electron chi connectivity index (χ2n) is 5.64. The minimum absolute atomic E-state index is 0. The summed E-state index contributed by atoms with van der Waals surface area (Å²) in [4.78, 5) is 15.7. The van der Waals surface area contributed by atoms with Crippen LogP contribution >= 0.6 is 24.0 Å². The molecule has 0 fully saturated rings. The van der Waals surface area contributed by atoms with Crippen molar-refractivity contribution in [3.8, 4) is 5.75 Å². The zero-order chi connectivity index (χ0) is 18.8. The summed E-state index contributed by atoms with van der Waals surface area (Å²) in [5, 5.41) is 6.56. The summed E-state index contributed by atoms with van der Waals surface area (Å²) in [6.07, 6.45) is 0.824. The molecule has 7 heteroatoms. The van der Waals surface area contributed by atoms with Gasteiger partial charge in [0, 0.05) is 20.1 Å². The third kappa shape index (κ3) is 7.46. The first kappa shape index (κ1) is 22.8. The van der Waals surface area contributed by atoms with Crippen molar-refractivity contribution in [2.24, 2.45) is 4.99 Å². The number of hydrogen-bond acceptors (Lipinski definition) is 4. The third-order valence-electron chi connectivity index (χ3n) is 3.92.